The molecule has 1 fully saturated rings. The van der Waals surface area contributed by atoms with Crippen LogP contribution < -0.4 is 14.8 Å². The first-order valence-corrected chi connectivity index (χ1v) is 10.4. The minimum atomic E-state index is 0.00536. The third-order valence-corrected chi connectivity index (χ3v) is 5.61. The molecule has 0 aromatic heterocycles. The second-order valence-electron chi connectivity index (χ2n) is 7.71. The van der Waals surface area contributed by atoms with Crippen LogP contribution in [0, 0.1) is 0 Å². The summed E-state index contributed by atoms with van der Waals surface area (Å²) in [5, 5.41) is 5.53. The summed E-state index contributed by atoms with van der Waals surface area (Å²) in [6.45, 7) is 1.61. The first kappa shape index (κ1) is 20.2. The van der Waals surface area contributed by atoms with E-state index in [0.29, 0.717) is 29.6 Å². The molecular formula is C25H28N2O3. The molecule has 0 radical (unpaired) electrons. The SMILES string of the molecule is COc1ccc(NC(=O)CCN(Cc2cccc3ccccc23)C2CC2)cc1OC. The molecule has 1 amide bonds. The minimum absolute atomic E-state index is 0.00536. The number of carbonyl (C=O) groups excluding carboxylic acids is 1. The Balaban J connectivity index is 1.39. The fraction of sp³-hybridized carbons (Fsp3) is 0.320. The van der Waals surface area contributed by atoms with E-state index in [4.69, 9.17) is 9.47 Å². The molecule has 4 rings (SSSR count). The van der Waals surface area contributed by atoms with Crippen LogP contribution in [0.5, 0.6) is 11.5 Å². The Hall–Kier alpha value is -3.05. The number of hydrogen-bond donors (Lipinski definition) is 1. The summed E-state index contributed by atoms with van der Waals surface area (Å²) in [5.41, 5.74) is 2.03. The molecule has 0 heterocycles. The highest BCUT2D eigenvalue weighted by Gasteiger charge is 2.29. The van der Waals surface area contributed by atoms with Crippen LogP contribution in [0.15, 0.2) is 60.7 Å². The highest BCUT2D eigenvalue weighted by atomic mass is 16.5. The molecule has 1 aliphatic carbocycles. The van der Waals surface area contributed by atoms with Crippen molar-refractivity contribution in [2.75, 3.05) is 26.1 Å². The average molecular weight is 405 g/mol. The number of ether oxygens (including phenoxy) is 2. The van der Waals surface area contributed by atoms with Crippen molar-refractivity contribution in [3.63, 3.8) is 0 Å². The number of rotatable bonds is 9. The lowest BCUT2D eigenvalue weighted by atomic mass is 10.0. The molecule has 0 saturated heterocycles. The summed E-state index contributed by atoms with van der Waals surface area (Å²) in [5.74, 6) is 1.25. The summed E-state index contributed by atoms with van der Waals surface area (Å²) >= 11 is 0. The summed E-state index contributed by atoms with van der Waals surface area (Å²) in [6, 6.07) is 20.9. The zero-order valence-corrected chi connectivity index (χ0v) is 17.6. The van der Waals surface area contributed by atoms with Gasteiger partial charge in [-0.1, -0.05) is 42.5 Å². The molecule has 1 aliphatic rings. The predicted octanol–water partition coefficient (Wildman–Crippen LogP) is 4.85. The van der Waals surface area contributed by atoms with Gasteiger partial charge in [0.15, 0.2) is 11.5 Å². The van der Waals surface area contributed by atoms with Crippen LogP contribution in [-0.2, 0) is 11.3 Å². The lowest BCUT2D eigenvalue weighted by Crippen LogP contribution is -2.29. The third-order valence-electron chi connectivity index (χ3n) is 5.61. The van der Waals surface area contributed by atoms with E-state index in [1.54, 1.807) is 26.4 Å². The van der Waals surface area contributed by atoms with E-state index in [1.165, 1.54) is 29.2 Å². The number of nitrogens with zero attached hydrogens (tertiary/aromatic N) is 1. The standard InChI is InChI=1S/C25H28N2O3/c1-29-23-13-10-20(16-24(23)30-2)26-25(28)14-15-27(21-11-12-21)17-19-8-5-7-18-6-3-4-9-22(18)19/h3-10,13,16,21H,11-12,14-15,17H2,1-2H3,(H,26,28). The maximum absolute atomic E-state index is 12.6. The van der Waals surface area contributed by atoms with E-state index >= 15 is 0 Å². The van der Waals surface area contributed by atoms with Gasteiger partial charge in [-0.15, -0.1) is 0 Å². The Kier molecular flexibility index (Phi) is 6.19. The largest absolute Gasteiger partial charge is 0.493 e. The van der Waals surface area contributed by atoms with Gasteiger partial charge in [-0.25, -0.2) is 0 Å². The number of methoxy groups -OCH3 is 2. The van der Waals surface area contributed by atoms with Crippen LogP contribution in [0.3, 0.4) is 0 Å². The van der Waals surface area contributed by atoms with Crippen LogP contribution in [0.25, 0.3) is 10.8 Å². The van der Waals surface area contributed by atoms with E-state index in [9.17, 15) is 4.79 Å². The maximum Gasteiger partial charge on any atom is 0.225 e. The molecule has 0 atom stereocenters. The number of hydrogen-bond acceptors (Lipinski definition) is 4. The molecular weight excluding hydrogens is 376 g/mol. The summed E-state index contributed by atoms with van der Waals surface area (Å²) < 4.78 is 10.6. The third kappa shape index (κ3) is 4.74. The van der Waals surface area contributed by atoms with Gasteiger partial charge in [0.05, 0.1) is 14.2 Å². The molecule has 1 N–H and O–H groups in total. The molecule has 156 valence electrons. The topological polar surface area (TPSA) is 50.8 Å². The van der Waals surface area contributed by atoms with E-state index in [0.717, 1.165) is 13.1 Å². The van der Waals surface area contributed by atoms with Gasteiger partial charge < -0.3 is 14.8 Å². The normalized spacial score (nSPS) is 13.4. The second-order valence-corrected chi connectivity index (χ2v) is 7.71. The molecule has 30 heavy (non-hydrogen) atoms. The van der Waals surface area contributed by atoms with Gasteiger partial charge >= 0.3 is 0 Å². The lowest BCUT2D eigenvalue weighted by molar-refractivity contribution is -0.116. The van der Waals surface area contributed by atoms with Crippen molar-refractivity contribution in [2.45, 2.75) is 31.8 Å². The number of anilines is 1. The first-order valence-electron chi connectivity index (χ1n) is 10.4. The molecule has 5 nitrogen and oxygen atoms in total. The highest BCUT2D eigenvalue weighted by molar-refractivity contribution is 5.91. The van der Waals surface area contributed by atoms with E-state index in [1.807, 2.05) is 6.07 Å². The number of nitrogens with one attached hydrogen (secondary N) is 1. The van der Waals surface area contributed by atoms with Crippen molar-refractivity contribution >= 4 is 22.4 Å². The molecule has 3 aromatic rings. The Morgan fingerprint density at radius 1 is 1.00 bits per heavy atom. The number of benzene rings is 3. The number of fused-ring (bicyclic) bond motifs is 1. The zero-order valence-electron chi connectivity index (χ0n) is 17.6. The first-order chi connectivity index (χ1) is 14.7. The van der Waals surface area contributed by atoms with Crippen molar-refractivity contribution in [2.24, 2.45) is 0 Å². The van der Waals surface area contributed by atoms with Crippen molar-refractivity contribution < 1.29 is 14.3 Å². The van der Waals surface area contributed by atoms with Crippen LogP contribution in [0.4, 0.5) is 5.69 Å². The van der Waals surface area contributed by atoms with Crippen LogP contribution >= 0.6 is 0 Å². The van der Waals surface area contributed by atoms with Gasteiger partial charge in [0.2, 0.25) is 5.91 Å². The highest BCUT2D eigenvalue weighted by Crippen LogP contribution is 2.31. The quantitative estimate of drug-likeness (QED) is 0.554. The van der Waals surface area contributed by atoms with Crippen molar-refractivity contribution in [1.82, 2.24) is 4.90 Å². The van der Waals surface area contributed by atoms with Crippen molar-refractivity contribution in [1.29, 1.82) is 0 Å². The Morgan fingerprint density at radius 2 is 1.77 bits per heavy atom. The van der Waals surface area contributed by atoms with Gasteiger partial charge in [-0.2, -0.15) is 0 Å². The molecule has 0 spiro atoms. The Bertz CT molecular complexity index is 1020. The van der Waals surface area contributed by atoms with E-state index in [2.05, 4.69) is 52.7 Å². The Morgan fingerprint density at radius 3 is 2.53 bits per heavy atom. The van der Waals surface area contributed by atoms with Gasteiger partial charge in [-0.05, 0) is 41.3 Å². The molecule has 3 aromatic carbocycles. The van der Waals surface area contributed by atoms with Gasteiger partial charge in [0.25, 0.3) is 0 Å². The van der Waals surface area contributed by atoms with E-state index in [-0.39, 0.29) is 5.91 Å². The minimum Gasteiger partial charge on any atom is -0.493 e. The molecule has 5 heteroatoms. The van der Waals surface area contributed by atoms with E-state index < -0.39 is 0 Å². The summed E-state index contributed by atoms with van der Waals surface area (Å²) in [7, 11) is 3.18. The number of amides is 1. The summed E-state index contributed by atoms with van der Waals surface area (Å²) in [4.78, 5) is 15.0. The monoisotopic (exact) mass is 404 g/mol. The maximum atomic E-state index is 12.6. The van der Waals surface area contributed by atoms with Gasteiger partial charge in [0.1, 0.15) is 0 Å². The lowest BCUT2D eigenvalue weighted by Gasteiger charge is -2.22. The second kappa shape index (κ2) is 9.18. The van der Waals surface area contributed by atoms with Crippen molar-refractivity contribution in [3.05, 3.63) is 66.2 Å². The van der Waals surface area contributed by atoms with Crippen LogP contribution in [-0.4, -0.2) is 37.6 Å². The predicted molar refractivity (Wildman–Crippen MR) is 120 cm³/mol. The Labute approximate surface area is 177 Å². The average Bonchev–Trinajstić information content (AvgIpc) is 3.62. The van der Waals surface area contributed by atoms with Crippen LogP contribution in [0.2, 0.25) is 0 Å². The summed E-state index contributed by atoms with van der Waals surface area (Å²) in [6.07, 6.45) is 2.87. The molecule has 0 unspecified atom stereocenters. The molecule has 0 aliphatic heterocycles. The van der Waals surface area contributed by atoms with Crippen LogP contribution in [0.1, 0.15) is 24.8 Å². The fourth-order valence-electron chi connectivity index (χ4n) is 3.86. The molecule has 0 bridgehead atoms. The van der Waals surface area contributed by atoms with Gasteiger partial charge in [-0.3, -0.25) is 9.69 Å². The van der Waals surface area contributed by atoms with Crippen molar-refractivity contribution in [3.8, 4) is 11.5 Å². The zero-order chi connectivity index (χ0) is 20.9. The molecule has 1 saturated carbocycles. The van der Waals surface area contributed by atoms with Gasteiger partial charge in [0, 0.05) is 37.3 Å². The number of carbonyl (C=O) groups is 1. The fourth-order valence-corrected chi connectivity index (χ4v) is 3.86. The smallest absolute Gasteiger partial charge is 0.225 e.